The minimum atomic E-state index is -1.05. The number of ether oxygens (including phenoxy) is 1. The van der Waals surface area contributed by atoms with E-state index in [1.165, 1.54) is 0 Å². The molecule has 1 aliphatic rings. The van der Waals surface area contributed by atoms with E-state index in [-0.39, 0.29) is 0 Å². The second-order valence-electron chi connectivity index (χ2n) is 7.91. The molecule has 6 nitrogen and oxygen atoms in total. The molecule has 164 valence electrons. The van der Waals surface area contributed by atoms with Crippen LogP contribution in [0.15, 0.2) is 89.6 Å². The molecule has 2 heterocycles. The number of hydrogen-bond donors (Lipinski definition) is 2. The van der Waals surface area contributed by atoms with Gasteiger partial charge >= 0.3 is 0 Å². The molecule has 4 aromatic rings. The molecule has 0 aliphatic carbocycles. The van der Waals surface area contributed by atoms with Gasteiger partial charge in [-0.2, -0.15) is 0 Å². The third-order valence-corrected chi connectivity index (χ3v) is 5.86. The van der Waals surface area contributed by atoms with Crippen molar-refractivity contribution < 1.29 is 14.1 Å². The van der Waals surface area contributed by atoms with Crippen molar-refractivity contribution in [2.24, 2.45) is 0 Å². The fraction of sp³-hybridized carbons (Fsp3) is 0.111. The molecule has 0 spiro atoms. The van der Waals surface area contributed by atoms with E-state index >= 15 is 0 Å². The SMILES string of the molecule is Cc1noc(C)c1-c1ccc(NC=O)c(C2(c3ccccc3)NC(c3ccccc3)=CO2)c1. The molecule has 2 N–H and O–H groups in total. The van der Waals surface area contributed by atoms with Crippen LogP contribution in [0.4, 0.5) is 5.69 Å². The molecule has 0 radical (unpaired) electrons. The molecule has 1 atom stereocenters. The third kappa shape index (κ3) is 3.55. The van der Waals surface area contributed by atoms with Crippen LogP contribution in [0, 0.1) is 13.8 Å². The van der Waals surface area contributed by atoms with Gasteiger partial charge in [-0.1, -0.05) is 71.9 Å². The second-order valence-corrected chi connectivity index (χ2v) is 7.91. The molecule has 33 heavy (non-hydrogen) atoms. The molecule has 0 saturated heterocycles. The smallest absolute Gasteiger partial charge is 0.234 e. The lowest BCUT2D eigenvalue weighted by molar-refractivity contribution is -0.105. The molecular formula is C27H23N3O3. The lowest BCUT2D eigenvalue weighted by Crippen LogP contribution is -2.40. The van der Waals surface area contributed by atoms with Crippen LogP contribution in [0.25, 0.3) is 16.8 Å². The standard InChI is InChI=1S/C27H23N3O3/c1-18-26(19(2)33-30-18)21-13-14-24(28-17-31)23(15-21)27(22-11-7-4-8-12-22)29-25(16-32-27)20-9-5-3-6-10-20/h3-17,29H,1-2H3,(H,28,31). The van der Waals surface area contributed by atoms with Gasteiger partial charge in [0.05, 0.1) is 17.1 Å². The average molecular weight is 437 g/mol. The summed E-state index contributed by atoms with van der Waals surface area (Å²) in [4.78, 5) is 11.5. The third-order valence-electron chi connectivity index (χ3n) is 5.86. The number of carbonyl (C=O) groups is 1. The fourth-order valence-electron chi connectivity index (χ4n) is 4.33. The largest absolute Gasteiger partial charge is 0.465 e. The monoisotopic (exact) mass is 437 g/mol. The zero-order valence-electron chi connectivity index (χ0n) is 18.3. The lowest BCUT2D eigenvalue weighted by atomic mass is 9.89. The molecule has 0 fully saturated rings. The highest BCUT2D eigenvalue weighted by atomic mass is 16.5. The molecule has 3 aromatic carbocycles. The molecule has 0 bridgehead atoms. The van der Waals surface area contributed by atoms with Crippen LogP contribution in [0.2, 0.25) is 0 Å². The van der Waals surface area contributed by atoms with Gasteiger partial charge < -0.3 is 19.9 Å². The zero-order valence-corrected chi connectivity index (χ0v) is 18.3. The molecule has 1 unspecified atom stereocenters. The van der Waals surface area contributed by atoms with Gasteiger partial charge in [0, 0.05) is 22.3 Å². The van der Waals surface area contributed by atoms with Crippen LogP contribution in [0.3, 0.4) is 0 Å². The van der Waals surface area contributed by atoms with Crippen LogP contribution < -0.4 is 10.6 Å². The van der Waals surface area contributed by atoms with Crippen molar-refractivity contribution in [3.63, 3.8) is 0 Å². The summed E-state index contributed by atoms with van der Waals surface area (Å²) in [6, 6.07) is 25.7. The minimum Gasteiger partial charge on any atom is -0.465 e. The van der Waals surface area contributed by atoms with Crippen molar-refractivity contribution in [2.75, 3.05) is 5.32 Å². The summed E-state index contributed by atoms with van der Waals surface area (Å²) in [5.74, 6) is 0.728. The number of aromatic nitrogens is 1. The Hall–Kier alpha value is -4.32. The van der Waals surface area contributed by atoms with Crippen LogP contribution >= 0.6 is 0 Å². The first-order valence-electron chi connectivity index (χ1n) is 10.7. The quantitative estimate of drug-likeness (QED) is 0.398. The van der Waals surface area contributed by atoms with Gasteiger partial charge in [-0.15, -0.1) is 0 Å². The highest BCUT2D eigenvalue weighted by Gasteiger charge is 2.42. The molecule has 6 heteroatoms. The summed E-state index contributed by atoms with van der Waals surface area (Å²) < 4.78 is 11.8. The summed E-state index contributed by atoms with van der Waals surface area (Å²) in [6.45, 7) is 3.80. The Bertz CT molecular complexity index is 1310. The Kier molecular flexibility index (Phi) is 5.18. The average Bonchev–Trinajstić information content (AvgIpc) is 3.45. The first-order chi connectivity index (χ1) is 16.1. The van der Waals surface area contributed by atoms with Gasteiger partial charge in [-0.05, 0) is 31.5 Å². The van der Waals surface area contributed by atoms with E-state index in [1.54, 1.807) is 6.26 Å². The lowest BCUT2D eigenvalue weighted by Gasteiger charge is -2.33. The number of rotatable bonds is 6. The maximum absolute atomic E-state index is 11.5. The first kappa shape index (κ1) is 20.6. The van der Waals surface area contributed by atoms with Crippen molar-refractivity contribution in [2.45, 2.75) is 19.6 Å². The Labute approximate surface area is 191 Å². The first-order valence-corrected chi connectivity index (χ1v) is 10.7. The van der Waals surface area contributed by atoms with E-state index < -0.39 is 5.72 Å². The van der Waals surface area contributed by atoms with E-state index in [4.69, 9.17) is 9.26 Å². The van der Waals surface area contributed by atoms with Gasteiger partial charge in [0.15, 0.2) is 0 Å². The van der Waals surface area contributed by atoms with E-state index in [2.05, 4.69) is 15.8 Å². The number of anilines is 1. The van der Waals surface area contributed by atoms with Crippen LogP contribution in [-0.4, -0.2) is 11.6 Å². The predicted octanol–water partition coefficient (Wildman–Crippen LogP) is 5.35. The Morgan fingerprint density at radius 3 is 2.33 bits per heavy atom. The van der Waals surface area contributed by atoms with Gasteiger partial charge in [0.1, 0.15) is 12.0 Å². The summed E-state index contributed by atoms with van der Waals surface area (Å²) in [6.07, 6.45) is 2.41. The summed E-state index contributed by atoms with van der Waals surface area (Å²) in [5.41, 5.74) is 5.75. The van der Waals surface area contributed by atoms with Crippen LogP contribution in [0.5, 0.6) is 0 Å². The molecule has 0 saturated carbocycles. The Morgan fingerprint density at radius 2 is 1.67 bits per heavy atom. The normalized spacial score (nSPS) is 17.1. The second kappa shape index (κ2) is 8.31. The highest BCUT2D eigenvalue weighted by Crippen LogP contribution is 2.43. The van der Waals surface area contributed by atoms with Gasteiger partial charge in [-0.25, -0.2) is 0 Å². The van der Waals surface area contributed by atoms with Gasteiger partial charge in [-0.3, -0.25) is 4.79 Å². The maximum Gasteiger partial charge on any atom is 0.234 e. The number of carbonyl (C=O) groups excluding carboxylic acids is 1. The molecule has 1 aromatic heterocycles. The Morgan fingerprint density at radius 1 is 0.939 bits per heavy atom. The minimum absolute atomic E-state index is 0.638. The maximum atomic E-state index is 11.5. The number of benzene rings is 3. The van der Waals surface area contributed by atoms with E-state index in [0.29, 0.717) is 12.1 Å². The Balaban J connectivity index is 1.70. The zero-order chi connectivity index (χ0) is 22.8. The highest BCUT2D eigenvalue weighted by molar-refractivity contribution is 5.80. The van der Waals surface area contributed by atoms with Crippen molar-refractivity contribution in [3.05, 3.63) is 113 Å². The molecule has 5 rings (SSSR count). The molecule has 1 amide bonds. The van der Waals surface area contributed by atoms with E-state index in [0.717, 1.165) is 45.0 Å². The number of hydrogen-bond acceptors (Lipinski definition) is 5. The number of nitrogens with one attached hydrogen (secondary N) is 2. The van der Waals surface area contributed by atoms with Gasteiger partial charge in [0.25, 0.3) is 0 Å². The topological polar surface area (TPSA) is 76.4 Å². The van der Waals surface area contributed by atoms with Crippen LogP contribution in [0.1, 0.15) is 28.1 Å². The van der Waals surface area contributed by atoms with E-state index in [9.17, 15) is 4.79 Å². The number of amides is 1. The van der Waals surface area contributed by atoms with Crippen molar-refractivity contribution in [1.29, 1.82) is 0 Å². The fourth-order valence-corrected chi connectivity index (χ4v) is 4.33. The van der Waals surface area contributed by atoms with Crippen molar-refractivity contribution >= 4 is 17.8 Å². The summed E-state index contributed by atoms with van der Waals surface area (Å²) in [7, 11) is 0. The van der Waals surface area contributed by atoms with E-state index in [1.807, 2.05) is 92.7 Å². The molecular weight excluding hydrogens is 414 g/mol. The van der Waals surface area contributed by atoms with Crippen molar-refractivity contribution in [3.8, 4) is 11.1 Å². The van der Waals surface area contributed by atoms with Crippen LogP contribution in [-0.2, 0) is 15.3 Å². The predicted molar refractivity (Wildman–Crippen MR) is 127 cm³/mol. The number of aryl methyl sites for hydroxylation is 2. The number of nitrogens with zero attached hydrogens (tertiary/aromatic N) is 1. The summed E-state index contributed by atoms with van der Waals surface area (Å²) in [5, 5.41) is 10.5. The summed E-state index contributed by atoms with van der Waals surface area (Å²) >= 11 is 0. The van der Waals surface area contributed by atoms with Crippen molar-refractivity contribution in [1.82, 2.24) is 10.5 Å². The van der Waals surface area contributed by atoms with Gasteiger partial charge in [0.2, 0.25) is 12.1 Å². The molecule has 1 aliphatic heterocycles.